The number of rotatable bonds is 7. The van der Waals surface area contributed by atoms with Gasteiger partial charge in [-0.1, -0.05) is 0 Å². The van der Waals surface area contributed by atoms with E-state index in [1.165, 1.54) is 0 Å². The Bertz CT molecular complexity index is 413. The Balaban J connectivity index is 2.27. The smallest absolute Gasteiger partial charge is 0.342 e. The zero-order valence-electron chi connectivity index (χ0n) is 9.00. The summed E-state index contributed by atoms with van der Waals surface area (Å²) in [5.41, 5.74) is -1.14. The summed E-state index contributed by atoms with van der Waals surface area (Å²) < 4.78 is 4.85. The summed E-state index contributed by atoms with van der Waals surface area (Å²) in [6.45, 7) is 2.58. The maximum Gasteiger partial charge on any atom is 0.342 e. The van der Waals surface area contributed by atoms with Crippen molar-refractivity contribution in [2.24, 2.45) is 0 Å². The Hall–Kier alpha value is -1.67. The van der Waals surface area contributed by atoms with Gasteiger partial charge in [0.2, 0.25) is 5.82 Å². The molecule has 0 saturated carbocycles. The van der Waals surface area contributed by atoms with Crippen LogP contribution >= 0.6 is 0 Å². The van der Waals surface area contributed by atoms with E-state index in [2.05, 4.69) is 25.8 Å². The Labute approximate surface area is 91.4 Å². The van der Waals surface area contributed by atoms with E-state index in [-0.39, 0.29) is 5.82 Å². The summed E-state index contributed by atoms with van der Waals surface area (Å²) in [6, 6.07) is 0. The number of methoxy groups -OCH3 is 1. The average Bonchev–Trinajstić information content (AvgIpc) is 2.26. The van der Waals surface area contributed by atoms with E-state index in [1.807, 2.05) is 0 Å². The van der Waals surface area contributed by atoms with Crippen molar-refractivity contribution >= 4 is 5.82 Å². The number of hydrogen-bond donors (Lipinski definition) is 4. The van der Waals surface area contributed by atoms with Crippen LogP contribution in [0.25, 0.3) is 0 Å². The van der Waals surface area contributed by atoms with Gasteiger partial charge in [0.15, 0.2) is 0 Å². The van der Waals surface area contributed by atoms with Crippen LogP contribution < -0.4 is 21.9 Å². The quantitative estimate of drug-likeness (QED) is 0.407. The van der Waals surface area contributed by atoms with Gasteiger partial charge in [0.1, 0.15) is 0 Å². The molecule has 8 nitrogen and oxygen atoms in total. The number of aromatic amines is 2. The highest BCUT2D eigenvalue weighted by atomic mass is 16.5. The van der Waals surface area contributed by atoms with Crippen LogP contribution in [0.5, 0.6) is 0 Å². The van der Waals surface area contributed by atoms with Gasteiger partial charge < -0.3 is 15.4 Å². The number of anilines is 1. The molecular formula is C8H15N5O3. The maximum absolute atomic E-state index is 11.2. The molecule has 0 bridgehead atoms. The Morgan fingerprint density at radius 3 is 2.81 bits per heavy atom. The molecule has 0 amide bonds. The first-order chi connectivity index (χ1) is 7.74. The topological polar surface area (TPSA) is 112 Å². The zero-order chi connectivity index (χ0) is 11.8. The molecule has 1 heterocycles. The molecule has 0 aliphatic rings. The van der Waals surface area contributed by atoms with Crippen LogP contribution in [0.2, 0.25) is 0 Å². The fourth-order valence-electron chi connectivity index (χ4n) is 1.04. The lowest BCUT2D eigenvalue weighted by Gasteiger charge is -2.05. The van der Waals surface area contributed by atoms with Crippen molar-refractivity contribution < 1.29 is 4.74 Å². The largest absolute Gasteiger partial charge is 0.383 e. The number of hydrogen-bond acceptors (Lipinski definition) is 6. The molecule has 0 fully saturated rings. The van der Waals surface area contributed by atoms with Crippen LogP contribution in [0.15, 0.2) is 9.59 Å². The van der Waals surface area contributed by atoms with Crippen LogP contribution in [0.3, 0.4) is 0 Å². The molecule has 1 aromatic rings. The average molecular weight is 229 g/mol. The maximum atomic E-state index is 11.2. The second-order valence-electron chi connectivity index (χ2n) is 3.03. The molecule has 0 saturated heterocycles. The lowest BCUT2D eigenvalue weighted by atomic mass is 10.5. The molecule has 90 valence electrons. The summed E-state index contributed by atoms with van der Waals surface area (Å²) in [7, 11) is 1.63. The molecule has 16 heavy (non-hydrogen) atoms. The van der Waals surface area contributed by atoms with Gasteiger partial charge in [-0.2, -0.15) is 0 Å². The van der Waals surface area contributed by atoms with E-state index in [0.29, 0.717) is 19.7 Å². The molecule has 4 N–H and O–H groups in total. The zero-order valence-corrected chi connectivity index (χ0v) is 9.00. The van der Waals surface area contributed by atoms with Crippen molar-refractivity contribution in [1.82, 2.24) is 20.5 Å². The van der Waals surface area contributed by atoms with Gasteiger partial charge in [-0.05, 0) is 0 Å². The van der Waals surface area contributed by atoms with Gasteiger partial charge in [-0.15, -0.1) is 5.10 Å². The Kier molecular flexibility index (Phi) is 5.23. The Morgan fingerprint density at radius 1 is 1.31 bits per heavy atom. The standard InChI is InChI=1S/C8H15N5O3/c1-16-5-4-9-2-3-10-6-7(14)11-8(15)13-12-6/h9H,2-5H2,1H3,(H,10,12)(H2,11,13,14,15). The molecule has 0 radical (unpaired) electrons. The van der Waals surface area contributed by atoms with E-state index in [9.17, 15) is 9.59 Å². The van der Waals surface area contributed by atoms with Gasteiger partial charge in [-0.3, -0.25) is 9.78 Å². The van der Waals surface area contributed by atoms with Crippen molar-refractivity contribution in [1.29, 1.82) is 0 Å². The molecule has 0 aliphatic carbocycles. The van der Waals surface area contributed by atoms with Gasteiger partial charge >= 0.3 is 5.69 Å². The van der Waals surface area contributed by atoms with Crippen molar-refractivity contribution in [2.75, 3.05) is 38.7 Å². The number of aromatic nitrogens is 3. The fourth-order valence-corrected chi connectivity index (χ4v) is 1.04. The number of ether oxygens (including phenoxy) is 1. The van der Waals surface area contributed by atoms with Crippen LogP contribution in [-0.2, 0) is 4.74 Å². The number of nitrogens with one attached hydrogen (secondary N) is 4. The van der Waals surface area contributed by atoms with Crippen LogP contribution in [0.1, 0.15) is 0 Å². The van der Waals surface area contributed by atoms with E-state index in [1.54, 1.807) is 7.11 Å². The molecule has 0 unspecified atom stereocenters. The Morgan fingerprint density at radius 2 is 2.12 bits per heavy atom. The van der Waals surface area contributed by atoms with Crippen LogP contribution in [0, 0.1) is 0 Å². The summed E-state index contributed by atoms with van der Waals surface area (Å²) in [4.78, 5) is 23.9. The van der Waals surface area contributed by atoms with Crippen LogP contribution in [-0.4, -0.2) is 48.5 Å². The monoisotopic (exact) mass is 229 g/mol. The van der Waals surface area contributed by atoms with Gasteiger partial charge in [0.25, 0.3) is 5.56 Å². The molecular weight excluding hydrogens is 214 g/mol. The SMILES string of the molecule is COCCNCCNc1n[nH]c(=O)[nH]c1=O. The van der Waals surface area contributed by atoms with Crippen LogP contribution in [0.4, 0.5) is 5.82 Å². The second-order valence-corrected chi connectivity index (χ2v) is 3.03. The molecule has 0 spiro atoms. The van der Waals surface area contributed by atoms with E-state index >= 15 is 0 Å². The van der Waals surface area contributed by atoms with E-state index in [0.717, 1.165) is 6.54 Å². The first-order valence-electron chi connectivity index (χ1n) is 4.86. The highest BCUT2D eigenvalue weighted by Crippen LogP contribution is 1.83. The van der Waals surface area contributed by atoms with Crippen molar-refractivity contribution in [2.45, 2.75) is 0 Å². The minimum atomic E-state index is -0.617. The van der Waals surface area contributed by atoms with Crippen molar-refractivity contribution in [3.63, 3.8) is 0 Å². The lowest BCUT2D eigenvalue weighted by molar-refractivity contribution is 0.200. The molecule has 8 heteroatoms. The summed E-state index contributed by atoms with van der Waals surface area (Å²) in [5, 5.41) is 11.6. The third-order valence-corrected chi connectivity index (χ3v) is 1.79. The van der Waals surface area contributed by atoms with Crippen molar-refractivity contribution in [3.8, 4) is 0 Å². The number of H-pyrrole nitrogens is 2. The minimum absolute atomic E-state index is 0.105. The van der Waals surface area contributed by atoms with Gasteiger partial charge in [0, 0.05) is 26.7 Å². The molecule has 0 atom stereocenters. The predicted octanol–water partition coefficient (Wildman–Crippen LogP) is -1.89. The number of nitrogens with zero attached hydrogens (tertiary/aromatic N) is 1. The third-order valence-electron chi connectivity index (χ3n) is 1.79. The third kappa shape index (κ3) is 4.24. The van der Waals surface area contributed by atoms with Crippen molar-refractivity contribution in [3.05, 3.63) is 20.8 Å². The summed E-state index contributed by atoms with van der Waals surface area (Å²) in [5.74, 6) is 0.105. The predicted molar refractivity (Wildman–Crippen MR) is 58.7 cm³/mol. The highest BCUT2D eigenvalue weighted by molar-refractivity contribution is 5.28. The van der Waals surface area contributed by atoms with E-state index in [4.69, 9.17) is 4.74 Å². The van der Waals surface area contributed by atoms with Gasteiger partial charge in [0.05, 0.1) is 6.61 Å². The molecule has 0 aromatic carbocycles. The molecule has 1 aromatic heterocycles. The fraction of sp³-hybridized carbons (Fsp3) is 0.625. The lowest BCUT2D eigenvalue weighted by Crippen LogP contribution is -2.30. The molecule has 1 rings (SSSR count). The molecule has 0 aliphatic heterocycles. The van der Waals surface area contributed by atoms with E-state index < -0.39 is 11.2 Å². The first-order valence-corrected chi connectivity index (χ1v) is 4.86. The summed E-state index contributed by atoms with van der Waals surface area (Å²) in [6.07, 6.45) is 0. The highest BCUT2D eigenvalue weighted by Gasteiger charge is 1.99. The first kappa shape index (κ1) is 12.4. The normalized spacial score (nSPS) is 10.3. The minimum Gasteiger partial charge on any atom is -0.383 e. The second kappa shape index (κ2) is 6.75. The summed E-state index contributed by atoms with van der Waals surface area (Å²) >= 11 is 0. The van der Waals surface area contributed by atoms with Gasteiger partial charge in [-0.25, -0.2) is 9.89 Å².